The lowest BCUT2D eigenvalue weighted by Crippen LogP contribution is -2.11. The second-order valence-electron chi connectivity index (χ2n) is 3.91. The molecule has 1 aromatic rings. The molecule has 0 aromatic heterocycles. The van der Waals surface area contributed by atoms with Crippen LogP contribution in [0.5, 0.6) is 0 Å². The van der Waals surface area contributed by atoms with Gasteiger partial charge in [0.05, 0.1) is 24.3 Å². The van der Waals surface area contributed by atoms with Gasteiger partial charge < -0.3 is 14.6 Å². The Kier molecular flexibility index (Phi) is 9.25. The van der Waals surface area contributed by atoms with E-state index in [1.54, 1.807) is 19.1 Å². The molecule has 116 valence electrons. The normalized spacial score (nSPS) is 9.10. The maximum Gasteiger partial charge on any atom is 0.338 e. The number of ether oxygens (including phenoxy) is 2. The number of carbonyl (C=O) groups excluding carboxylic acids is 2. The summed E-state index contributed by atoms with van der Waals surface area (Å²) < 4.78 is 9.27. The minimum absolute atomic E-state index is 0.0362. The van der Waals surface area contributed by atoms with Gasteiger partial charge in [0, 0.05) is 6.92 Å². The van der Waals surface area contributed by atoms with Crippen molar-refractivity contribution in [1.29, 1.82) is 0 Å². The van der Waals surface area contributed by atoms with Crippen molar-refractivity contribution in [3.05, 3.63) is 35.4 Å². The lowest BCUT2D eigenvalue weighted by molar-refractivity contribution is -0.140. The van der Waals surface area contributed by atoms with E-state index >= 15 is 0 Å². The summed E-state index contributed by atoms with van der Waals surface area (Å²) in [6.07, 6.45) is 0.902. The molecule has 0 aliphatic rings. The molecule has 0 bridgehead atoms. The molecule has 0 unspecified atom stereocenters. The van der Waals surface area contributed by atoms with Crippen LogP contribution in [-0.2, 0) is 14.3 Å². The highest BCUT2D eigenvalue weighted by atomic mass is 16.5. The zero-order chi connectivity index (χ0) is 16.3. The molecule has 0 atom stereocenters. The fourth-order valence-corrected chi connectivity index (χ4v) is 1.30. The Morgan fingerprint density at radius 2 is 1.62 bits per heavy atom. The van der Waals surface area contributed by atoms with E-state index in [1.165, 1.54) is 19.1 Å². The minimum Gasteiger partial charge on any atom is -0.478 e. The highest BCUT2D eigenvalue weighted by molar-refractivity contribution is 6.02. The van der Waals surface area contributed by atoms with Crippen LogP contribution in [-0.4, -0.2) is 36.2 Å². The molecule has 0 radical (unpaired) electrons. The third-order valence-corrected chi connectivity index (χ3v) is 2.16. The van der Waals surface area contributed by atoms with Gasteiger partial charge in [-0.1, -0.05) is 19.1 Å². The molecule has 0 aliphatic carbocycles. The summed E-state index contributed by atoms with van der Waals surface area (Å²) in [4.78, 5) is 32.0. The summed E-state index contributed by atoms with van der Waals surface area (Å²) >= 11 is 0. The third kappa shape index (κ3) is 7.71. The van der Waals surface area contributed by atoms with E-state index in [1.807, 2.05) is 6.92 Å². The first kappa shape index (κ1) is 18.6. The van der Waals surface area contributed by atoms with Crippen LogP contribution in [0.25, 0.3) is 0 Å². The summed E-state index contributed by atoms with van der Waals surface area (Å²) in [5.74, 6) is -1.93. The number of hydrogen-bond acceptors (Lipinski definition) is 5. The molecule has 0 saturated heterocycles. The van der Waals surface area contributed by atoms with Crippen molar-refractivity contribution in [3.63, 3.8) is 0 Å². The molecule has 0 amide bonds. The first-order chi connectivity index (χ1) is 9.93. The van der Waals surface area contributed by atoms with Crippen LogP contribution in [0.3, 0.4) is 0 Å². The molecule has 1 rings (SSSR count). The second-order valence-corrected chi connectivity index (χ2v) is 3.91. The first-order valence-electron chi connectivity index (χ1n) is 6.56. The van der Waals surface area contributed by atoms with Crippen LogP contribution < -0.4 is 0 Å². The Morgan fingerprint density at radius 1 is 1.05 bits per heavy atom. The highest BCUT2D eigenvalue weighted by Gasteiger charge is 2.15. The SMILES string of the molecule is CCCOC(C)=O.CCOC(=O)c1ccccc1C(=O)O. The van der Waals surface area contributed by atoms with E-state index in [9.17, 15) is 14.4 Å². The summed E-state index contributed by atoms with van der Waals surface area (Å²) in [5, 5.41) is 8.77. The molecule has 0 aliphatic heterocycles. The predicted octanol–water partition coefficient (Wildman–Crippen LogP) is 2.52. The van der Waals surface area contributed by atoms with Gasteiger partial charge in [0.2, 0.25) is 0 Å². The molecular formula is C15H20O6. The minimum atomic E-state index is -1.13. The summed E-state index contributed by atoms with van der Waals surface area (Å²) in [6, 6.07) is 5.96. The van der Waals surface area contributed by atoms with Crippen LogP contribution in [0.2, 0.25) is 0 Å². The summed E-state index contributed by atoms with van der Waals surface area (Å²) in [7, 11) is 0. The van der Waals surface area contributed by atoms with Gasteiger partial charge in [-0.3, -0.25) is 4.79 Å². The lowest BCUT2D eigenvalue weighted by atomic mass is 10.1. The van der Waals surface area contributed by atoms with Gasteiger partial charge in [-0.25, -0.2) is 9.59 Å². The van der Waals surface area contributed by atoms with Crippen molar-refractivity contribution in [3.8, 4) is 0 Å². The molecule has 1 aromatic carbocycles. The molecule has 0 heterocycles. The van der Waals surface area contributed by atoms with Gasteiger partial charge >= 0.3 is 17.9 Å². The van der Waals surface area contributed by atoms with Crippen molar-refractivity contribution in [2.24, 2.45) is 0 Å². The third-order valence-electron chi connectivity index (χ3n) is 2.16. The van der Waals surface area contributed by atoms with Crippen molar-refractivity contribution in [2.45, 2.75) is 27.2 Å². The van der Waals surface area contributed by atoms with E-state index in [4.69, 9.17) is 9.84 Å². The van der Waals surface area contributed by atoms with E-state index in [-0.39, 0.29) is 23.7 Å². The van der Waals surface area contributed by atoms with Crippen LogP contribution >= 0.6 is 0 Å². The summed E-state index contributed by atoms with van der Waals surface area (Å²) in [5.41, 5.74) is 0.0489. The fraction of sp³-hybridized carbons (Fsp3) is 0.400. The largest absolute Gasteiger partial charge is 0.478 e. The maximum atomic E-state index is 11.3. The van der Waals surface area contributed by atoms with Crippen LogP contribution in [0.15, 0.2) is 24.3 Å². The summed E-state index contributed by atoms with van der Waals surface area (Å²) in [6.45, 7) is 5.82. The average Bonchev–Trinajstić information content (AvgIpc) is 2.46. The molecule has 6 nitrogen and oxygen atoms in total. The predicted molar refractivity (Wildman–Crippen MR) is 76.3 cm³/mol. The van der Waals surface area contributed by atoms with Crippen LogP contribution in [0.4, 0.5) is 0 Å². The van der Waals surface area contributed by atoms with Gasteiger partial charge in [-0.05, 0) is 25.5 Å². The van der Waals surface area contributed by atoms with Crippen LogP contribution in [0, 0.1) is 0 Å². The smallest absolute Gasteiger partial charge is 0.338 e. The Balaban J connectivity index is 0.000000486. The Morgan fingerprint density at radius 3 is 2.00 bits per heavy atom. The van der Waals surface area contributed by atoms with Gasteiger partial charge in [0.25, 0.3) is 0 Å². The number of esters is 2. The van der Waals surface area contributed by atoms with Gasteiger partial charge in [0.1, 0.15) is 0 Å². The Hall–Kier alpha value is -2.37. The zero-order valence-corrected chi connectivity index (χ0v) is 12.4. The fourth-order valence-electron chi connectivity index (χ4n) is 1.30. The number of benzene rings is 1. The number of hydrogen-bond donors (Lipinski definition) is 1. The Labute approximate surface area is 123 Å². The van der Waals surface area contributed by atoms with Crippen molar-refractivity contribution in [2.75, 3.05) is 13.2 Å². The van der Waals surface area contributed by atoms with E-state index in [2.05, 4.69) is 4.74 Å². The second kappa shape index (κ2) is 10.4. The number of carboxylic acids is 1. The average molecular weight is 296 g/mol. The zero-order valence-electron chi connectivity index (χ0n) is 12.4. The van der Waals surface area contributed by atoms with Crippen molar-refractivity contribution in [1.82, 2.24) is 0 Å². The van der Waals surface area contributed by atoms with Gasteiger partial charge in [-0.15, -0.1) is 0 Å². The molecule has 0 spiro atoms. The maximum absolute atomic E-state index is 11.3. The molecule has 21 heavy (non-hydrogen) atoms. The lowest BCUT2D eigenvalue weighted by Gasteiger charge is -2.04. The van der Waals surface area contributed by atoms with E-state index < -0.39 is 11.9 Å². The molecule has 0 saturated carbocycles. The Bertz CT molecular complexity index is 481. The standard InChI is InChI=1S/C10H10O4.C5H10O2/c1-2-14-10(13)8-6-4-3-5-7(8)9(11)12;1-3-4-7-5(2)6/h3-6H,2H2,1H3,(H,11,12);3-4H2,1-2H3. The first-order valence-corrected chi connectivity index (χ1v) is 6.56. The number of aromatic carboxylic acids is 1. The number of rotatable bonds is 5. The van der Waals surface area contributed by atoms with Gasteiger partial charge in [-0.2, -0.15) is 0 Å². The molecular weight excluding hydrogens is 276 g/mol. The monoisotopic (exact) mass is 296 g/mol. The molecule has 0 fully saturated rings. The van der Waals surface area contributed by atoms with Crippen LogP contribution in [0.1, 0.15) is 47.9 Å². The van der Waals surface area contributed by atoms with Crippen molar-refractivity contribution < 1.29 is 29.0 Å². The van der Waals surface area contributed by atoms with Crippen molar-refractivity contribution >= 4 is 17.9 Å². The number of carboxylic acid groups (broad SMARTS) is 1. The molecule has 1 N–H and O–H groups in total. The highest BCUT2D eigenvalue weighted by Crippen LogP contribution is 2.09. The molecule has 6 heteroatoms. The number of carbonyl (C=O) groups is 3. The van der Waals surface area contributed by atoms with E-state index in [0.717, 1.165) is 6.42 Å². The quantitative estimate of drug-likeness (QED) is 0.840. The van der Waals surface area contributed by atoms with Gasteiger partial charge in [0.15, 0.2) is 0 Å². The topological polar surface area (TPSA) is 89.9 Å². The van der Waals surface area contributed by atoms with E-state index in [0.29, 0.717) is 6.61 Å².